The van der Waals surface area contributed by atoms with Crippen molar-refractivity contribution in [1.82, 2.24) is 5.32 Å². The molecule has 90 valence electrons. The Morgan fingerprint density at radius 1 is 1.31 bits per heavy atom. The van der Waals surface area contributed by atoms with E-state index in [1.807, 2.05) is 0 Å². The van der Waals surface area contributed by atoms with Crippen LogP contribution in [-0.4, -0.2) is 23.2 Å². The summed E-state index contributed by atoms with van der Waals surface area (Å²) in [5, 5.41) is 12.3. The first-order chi connectivity index (χ1) is 7.72. The molecule has 3 heteroatoms. The smallest absolute Gasteiger partial charge is 0.220 e. The summed E-state index contributed by atoms with van der Waals surface area (Å²) in [6, 6.07) is 0.267. The maximum Gasteiger partial charge on any atom is 0.220 e. The minimum atomic E-state index is -0.163. The van der Waals surface area contributed by atoms with Gasteiger partial charge in [0.15, 0.2) is 0 Å². The zero-order valence-electron chi connectivity index (χ0n) is 9.74. The molecule has 0 saturated heterocycles. The van der Waals surface area contributed by atoms with Gasteiger partial charge in [0.05, 0.1) is 6.10 Å². The summed E-state index contributed by atoms with van der Waals surface area (Å²) in [6.45, 7) is 0. The zero-order chi connectivity index (χ0) is 11.8. The summed E-state index contributed by atoms with van der Waals surface area (Å²) in [6.07, 6.45) is 11.5. The van der Waals surface area contributed by atoms with Crippen molar-refractivity contribution in [1.29, 1.82) is 0 Å². The van der Waals surface area contributed by atoms with E-state index in [1.165, 1.54) is 0 Å². The van der Waals surface area contributed by atoms with Gasteiger partial charge in [-0.05, 0) is 38.5 Å². The van der Waals surface area contributed by atoms with E-state index in [2.05, 4.69) is 11.2 Å². The molecule has 2 N–H and O–H groups in total. The second kappa shape index (κ2) is 7.29. The summed E-state index contributed by atoms with van der Waals surface area (Å²) in [5.74, 6) is 2.69. The Labute approximate surface area is 97.6 Å². The second-order valence-electron chi connectivity index (χ2n) is 4.48. The Kier molecular flexibility index (Phi) is 5.95. The molecule has 1 saturated carbocycles. The predicted octanol–water partition coefficient (Wildman–Crippen LogP) is 1.60. The van der Waals surface area contributed by atoms with Gasteiger partial charge in [0.2, 0.25) is 5.91 Å². The molecule has 16 heavy (non-hydrogen) atoms. The lowest BCUT2D eigenvalue weighted by Crippen LogP contribution is -2.38. The molecule has 1 aliphatic carbocycles. The lowest BCUT2D eigenvalue weighted by molar-refractivity contribution is -0.122. The molecule has 0 aromatic carbocycles. The quantitative estimate of drug-likeness (QED) is 0.549. The van der Waals surface area contributed by atoms with Crippen molar-refractivity contribution in [2.24, 2.45) is 0 Å². The third kappa shape index (κ3) is 5.18. The van der Waals surface area contributed by atoms with E-state index in [0.717, 1.165) is 44.9 Å². The van der Waals surface area contributed by atoms with Crippen molar-refractivity contribution in [3.63, 3.8) is 0 Å². The summed E-state index contributed by atoms with van der Waals surface area (Å²) >= 11 is 0. The number of aliphatic hydroxyl groups excluding tert-OH is 1. The van der Waals surface area contributed by atoms with Gasteiger partial charge in [-0.15, -0.1) is 12.3 Å². The van der Waals surface area contributed by atoms with E-state index in [9.17, 15) is 9.90 Å². The van der Waals surface area contributed by atoms with Gasteiger partial charge in [-0.2, -0.15) is 0 Å². The Morgan fingerprint density at radius 3 is 2.62 bits per heavy atom. The Hall–Kier alpha value is -1.01. The Bertz CT molecular complexity index is 249. The van der Waals surface area contributed by atoms with E-state index in [-0.39, 0.29) is 18.1 Å². The van der Waals surface area contributed by atoms with Crippen LogP contribution < -0.4 is 5.32 Å². The van der Waals surface area contributed by atoms with Gasteiger partial charge in [-0.25, -0.2) is 0 Å². The molecule has 3 nitrogen and oxygen atoms in total. The molecule has 1 amide bonds. The van der Waals surface area contributed by atoms with Crippen molar-refractivity contribution < 1.29 is 9.90 Å². The lowest BCUT2D eigenvalue weighted by Gasteiger charge is -2.26. The molecule has 0 aliphatic heterocycles. The molecular formula is C13H21NO2. The van der Waals surface area contributed by atoms with Crippen molar-refractivity contribution in [2.75, 3.05) is 0 Å². The van der Waals surface area contributed by atoms with E-state index < -0.39 is 0 Å². The number of hydrogen-bond acceptors (Lipinski definition) is 2. The van der Waals surface area contributed by atoms with Gasteiger partial charge < -0.3 is 10.4 Å². The fourth-order valence-electron chi connectivity index (χ4n) is 2.03. The first kappa shape index (κ1) is 13.1. The summed E-state index contributed by atoms with van der Waals surface area (Å²) in [5.41, 5.74) is 0. The lowest BCUT2D eigenvalue weighted by atomic mass is 9.93. The normalized spacial score (nSPS) is 24.8. The molecule has 1 rings (SSSR count). The average Bonchev–Trinajstić information content (AvgIpc) is 2.28. The highest BCUT2D eigenvalue weighted by Gasteiger charge is 2.20. The summed E-state index contributed by atoms with van der Waals surface area (Å²) in [4.78, 5) is 11.5. The van der Waals surface area contributed by atoms with Crippen LogP contribution in [0.1, 0.15) is 51.4 Å². The van der Waals surface area contributed by atoms with Crippen LogP contribution in [0.4, 0.5) is 0 Å². The molecule has 0 unspecified atom stereocenters. The van der Waals surface area contributed by atoms with Gasteiger partial charge >= 0.3 is 0 Å². The number of carbonyl (C=O) groups excluding carboxylic acids is 1. The van der Waals surface area contributed by atoms with Crippen LogP contribution in [0.2, 0.25) is 0 Å². The van der Waals surface area contributed by atoms with Gasteiger partial charge in [0.25, 0.3) is 0 Å². The third-order valence-electron chi connectivity index (χ3n) is 3.04. The van der Waals surface area contributed by atoms with Crippen molar-refractivity contribution in [2.45, 2.75) is 63.5 Å². The molecule has 0 aromatic rings. The van der Waals surface area contributed by atoms with E-state index in [0.29, 0.717) is 6.42 Å². The standard InChI is InChI=1S/C13H21NO2/c1-2-3-4-5-6-13(16)14-11-7-9-12(15)10-8-11/h1,11-12,15H,3-10H2,(H,14,16). The first-order valence-corrected chi connectivity index (χ1v) is 6.13. The first-order valence-electron chi connectivity index (χ1n) is 6.13. The molecule has 0 spiro atoms. The molecule has 0 bridgehead atoms. The van der Waals surface area contributed by atoms with Gasteiger partial charge in [-0.1, -0.05) is 0 Å². The maximum atomic E-state index is 11.5. The number of nitrogens with one attached hydrogen (secondary N) is 1. The predicted molar refractivity (Wildman–Crippen MR) is 63.7 cm³/mol. The van der Waals surface area contributed by atoms with Crippen LogP contribution in [0, 0.1) is 12.3 Å². The van der Waals surface area contributed by atoms with E-state index in [1.54, 1.807) is 0 Å². The highest BCUT2D eigenvalue weighted by Crippen LogP contribution is 2.18. The number of rotatable bonds is 5. The maximum absolute atomic E-state index is 11.5. The monoisotopic (exact) mass is 223 g/mol. The number of terminal acetylenes is 1. The largest absolute Gasteiger partial charge is 0.393 e. The Morgan fingerprint density at radius 2 is 2.00 bits per heavy atom. The fourth-order valence-corrected chi connectivity index (χ4v) is 2.03. The van der Waals surface area contributed by atoms with Crippen LogP contribution in [0.3, 0.4) is 0 Å². The molecule has 0 aromatic heterocycles. The Balaban J connectivity index is 2.07. The molecular weight excluding hydrogens is 202 g/mol. The summed E-state index contributed by atoms with van der Waals surface area (Å²) in [7, 11) is 0. The molecule has 0 atom stereocenters. The number of aliphatic hydroxyl groups is 1. The molecule has 0 radical (unpaired) electrons. The highest BCUT2D eigenvalue weighted by molar-refractivity contribution is 5.76. The zero-order valence-corrected chi connectivity index (χ0v) is 9.74. The van der Waals surface area contributed by atoms with Gasteiger partial charge in [0.1, 0.15) is 0 Å². The van der Waals surface area contributed by atoms with Gasteiger partial charge in [0, 0.05) is 18.9 Å². The third-order valence-corrected chi connectivity index (χ3v) is 3.04. The average molecular weight is 223 g/mol. The highest BCUT2D eigenvalue weighted by atomic mass is 16.3. The second-order valence-corrected chi connectivity index (χ2v) is 4.48. The van der Waals surface area contributed by atoms with Gasteiger partial charge in [-0.3, -0.25) is 4.79 Å². The summed E-state index contributed by atoms with van der Waals surface area (Å²) < 4.78 is 0. The topological polar surface area (TPSA) is 49.3 Å². The van der Waals surface area contributed by atoms with Crippen molar-refractivity contribution >= 4 is 5.91 Å². The van der Waals surface area contributed by atoms with Crippen molar-refractivity contribution in [3.8, 4) is 12.3 Å². The van der Waals surface area contributed by atoms with Crippen molar-refractivity contribution in [3.05, 3.63) is 0 Å². The van der Waals surface area contributed by atoms with E-state index >= 15 is 0 Å². The fraction of sp³-hybridized carbons (Fsp3) is 0.769. The number of unbranched alkanes of at least 4 members (excludes halogenated alkanes) is 2. The molecule has 0 heterocycles. The number of hydrogen-bond donors (Lipinski definition) is 2. The van der Waals surface area contributed by atoms with E-state index in [4.69, 9.17) is 6.42 Å². The van der Waals surface area contributed by atoms with Crippen LogP contribution >= 0.6 is 0 Å². The SMILES string of the molecule is C#CCCCCC(=O)NC1CCC(O)CC1. The molecule has 1 fully saturated rings. The van der Waals surface area contributed by atoms with Crippen LogP contribution in [0.5, 0.6) is 0 Å². The minimum Gasteiger partial charge on any atom is -0.393 e. The van der Waals surface area contributed by atoms with Crippen LogP contribution in [0.15, 0.2) is 0 Å². The number of carbonyl (C=O) groups is 1. The number of amides is 1. The van der Waals surface area contributed by atoms with Crippen LogP contribution in [-0.2, 0) is 4.79 Å². The molecule has 1 aliphatic rings. The van der Waals surface area contributed by atoms with Crippen LogP contribution in [0.25, 0.3) is 0 Å². The minimum absolute atomic E-state index is 0.124.